The Morgan fingerprint density at radius 1 is 0.882 bits per heavy atom. The average Bonchev–Trinajstić information content (AvgIpc) is 3.08. The number of ether oxygens (including phenoxy) is 2. The zero-order chi connectivity index (χ0) is 24.5. The highest BCUT2D eigenvalue weighted by atomic mass is 19.4. The van der Waals surface area contributed by atoms with Crippen LogP contribution in [0.25, 0.3) is 16.8 Å². The van der Waals surface area contributed by atoms with Crippen molar-refractivity contribution in [3.05, 3.63) is 77.0 Å². The van der Waals surface area contributed by atoms with Gasteiger partial charge in [-0.15, -0.1) is 18.3 Å². The third kappa shape index (κ3) is 5.30. The summed E-state index contributed by atoms with van der Waals surface area (Å²) in [6, 6.07) is 11.5. The number of aromatic nitrogens is 4. The molecule has 1 aromatic carbocycles. The first kappa shape index (κ1) is 23.1. The summed E-state index contributed by atoms with van der Waals surface area (Å²) in [6.07, 6.45) is -7.94. The van der Waals surface area contributed by atoms with E-state index >= 15 is 0 Å². The number of halogens is 6. The fourth-order valence-electron chi connectivity index (χ4n) is 3.07. The number of rotatable bonds is 6. The Balaban J connectivity index is 1.48. The van der Waals surface area contributed by atoms with Gasteiger partial charge in [0.25, 0.3) is 0 Å². The van der Waals surface area contributed by atoms with Gasteiger partial charge in [-0.25, -0.2) is 18.9 Å². The number of hydrogen-bond donors (Lipinski definition) is 0. The maximum absolute atomic E-state index is 12.7. The lowest BCUT2D eigenvalue weighted by molar-refractivity contribution is -0.274. The summed E-state index contributed by atoms with van der Waals surface area (Å²) in [4.78, 5) is 16.0. The Kier molecular flexibility index (Phi) is 5.94. The molecule has 0 aliphatic rings. The maximum Gasteiger partial charge on any atom is 0.573 e. The highest BCUT2D eigenvalue weighted by molar-refractivity contribution is 5.65. The van der Waals surface area contributed by atoms with Crippen molar-refractivity contribution in [1.82, 2.24) is 19.2 Å². The van der Waals surface area contributed by atoms with Crippen LogP contribution in [0.3, 0.4) is 0 Å². The molecule has 4 rings (SSSR count). The smallest absolute Gasteiger partial charge is 0.476 e. The standard InChI is InChI=1S/C21H14F6N4O3/c22-20(23,24)16-2-1-3-18(28-16)33-11-10-31-19(32)30-12-14(6-9-17(30)29-31)13-4-7-15(8-5-13)34-21(25,26)27/h1-9,12H,10-11H2. The summed E-state index contributed by atoms with van der Waals surface area (Å²) in [5, 5.41) is 4.13. The van der Waals surface area contributed by atoms with Crippen LogP contribution in [-0.4, -0.2) is 32.1 Å². The van der Waals surface area contributed by atoms with Crippen LogP contribution in [0.15, 0.2) is 65.6 Å². The van der Waals surface area contributed by atoms with E-state index in [9.17, 15) is 31.1 Å². The van der Waals surface area contributed by atoms with E-state index in [4.69, 9.17) is 4.74 Å². The minimum absolute atomic E-state index is 0.0583. The van der Waals surface area contributed by atoms with Crippen LogP contribution in [0.4, 0.5) is 26.3 Å². The van der Waals surface area contributed by atoms with Gasteiger partial charge in [0.1, 0.15) is 18.1 Å². The first-order valence-electron chi connectivity index (χ1n) is 9.62. The van der Waals surface area contributed by atoms with E-state index in [0.29, 0.717) is 16.8 Å². The van der Waals surface area contributed by atoms with Gasteiger partial charge in [0.2, 0.25) is 5.88 Å². The predicted octanol–water partition coefficient (Wildman–Crippen LogP) is 4.55. The molecule has 0 aliphatic carbocycles. The van der Waals surface area contributed by atoms with Crippen LogP contribution in [0.2, 0.25) is 0 Å². The molecule has 0 bridgehead atoms. The summed E-state index contributed by atoms with van der Waals surface area (Å²) >= 11 is 0. The minimum Gasteiger partial charge on any atom is -0.476 e. The van der Waals surface area contributed by atoms with Crippen molar-refractivity contribution in [3.63, 3.8) is 0 Å². The van der Waals surface area contributed by atoms with Crippen molar-refractivity contribution < 1.29 is 35.8 Å². The van der Waals surface area contributed by atoms with Crippen LogP contribution >= 0.6 is 0 Å². The molecule has 34 heavy (non-hydrogen) atoms. The second-order valence-corrected chi connectivity index (χ2v) is 6.93. The van der Waals surface area contributed by atoms with Gasteiger partial charge in [0, 0.05) is 12.3 Å². The molecule has 3 heterocycles. The molecule has 3 aromatic heterocycles. The van der Waals surface area contributed by atoms with Crippen molar-refractivity contribution in [3.8, 4) is 22.8 Å². The average molecular weight is 484 g/mol. The summed E-state index contributed by atoms with van der Waals surface area (Å²) in [7, 11) is 0. The molecule has 13 heteroatoms. The van der Waals surface area contributed by atoms with Crippen LogP contribution in [0, 0.1) is 0 Å². The van der Waals surface area contributed by atoms with Crippen molar-refractivity contribution >= 4 is 5.65 Å². The number of pyridine rings is 2. The summed E-state index contributed by atoms with van der Waals surface area (Å²) in [5.41, 5.74) is -0.259. The number of hydrogen-bond acceptors (Lipinski definition) is 5. The molecule has 0 aliphatic heterocycles. The van der Waals surface area contributed by atoms with Crippen LogP contribution < -0.4 is 15.2 Å². The van der Waals surface area contributed by atoms with Gasteiger partial charge in [-0.1, -0.05) is 18.2 Å². The molecule has 0 fully saturated rings. The van der Waals surface area contributed by atoms with Crippen LogP contribution in [0.5, 0.6) is 11.6 Å². The highest BCUT2D eigenvalue weighted by Crippen LogP contribution is 2.29. The number of fused-ring (bicyclic) bond motifs is 1. The van der Waals surface area contributed by atoms with Gasteiger partial charge in [0.15, 0.2) is 5.65 Å². The molecule has 0 saturated carbocycles. The lowest BCUT2D eigenvalue weighted by atomic mass is 10.1. The molecule has 0 N–H and O–H groups in total. The van der Waals surface area contributed by atoms with Crippen LogP contribution in [0.1, 0.15) is 5.69 Å². The predicted molar refractivity (Wildman–Crippen MR) is 106 cm³/mol. The van der Waals surface area contributed by atoms with Crippen molar-refractivity contribution in [2.45, 2.75) is 19.1 Å². The van der Waals surface area contributed by atoms with Gasteiger partial charge >= 0.3 is 18.2 Å². The Morgan fingerprint density at radius 3 is 2.26 bits per heavy atom. The molecular weight excluding hydrogens is 470 g/mol. The first-order chi connectivity index (χ1) is 16.0. The maximum atomic E-state index is 12.7. The molecule has 0 amide bonds. The third-order valence-electron chi connectivity index (χ3n) is 4.57. The van der Waals surface area contributed by atoms with Gasteiger partial charge in [-0.05, 0) is 41.5 Å². The van der Waals surface area contributed by atoms with Gasteiger partial charge in [-0.2, -0.15) is 13.2 Å². The molecular formula is C21H14F6N4O3. The molecule has 0 atom stereocenters. The second-order valence-electron chi connectivity index (χ2n) is 6.93. The minimum atomic E-state index is -4.80. The van der Waals surface area contributed by atoms with E-state index in [1.807, 2.05) is 0 Å². The largest absolute Gasteiger partial charge is 0.573 e. The summed E-state index contributed by atoms with van der Waals surface area (Å²) in [6.45, 7) is -0.219. The zero-order valence-corrected chi connectivity index (χ0v) is 17.0. The molecule has 178 valence electrons. The molecule has 7 nitrogen and oxygen atoms in total. The topological polar surface area (TPSA) is 70.7 Å². The lowest BCUT2D eigenvalue weighted by Crippen LogP contribution is -2.24. The molecule has 0 radical (unpaired) electrons. The van der Waals surface area contributed by atoms with E-state index in [1.165, 1.54) is 28.8 Å². The summed E-state index contributed by atoms with van der Waals surface area (Å²) in [5.74, 6) is -0.621. The fraction of sp³-hybridized carbons (Fsp3) is 0.190. The Hall–Kier alpha value is -4.03. The van der Waals surface area contributed by atoms with E-state index < -0.39 is 23.9 Å². The lowest BCUT2D eigenvalue weighted by Gasteiger charge is -2.09. The quantitative estimate of drug-likeness (QED) is 0.376. The molecule has 0 spiro atoms. The van der Waals surface area contributed by atoms with Gasteiger partial charge < -0.3 is 9.47 Å². The molecule has 0 saturated heterocycles. The SMILES string of the molecule is O=c1n(CCOc2cccc(C(F)(F)F)n2)nc2ccc(-c3ccc(OC(F)(F)F)cc3)cn12. The van der Waals surface area contributed by atoms with E-state index in [0.717, 1.165) is 28.9 Å². The van der Waals surface area contributed by atoms with E-state index in [1.54, 1.807) is 12.1 Å². The number of alkyl halides is 6. The van der Waals surface area contributed by atoms with Gasteiger partial charge in [-0.3, -0.25) is 0 Å². The normalized spacial score (nSPS) is 12.2. The third-order valence-corrected chi connectivity index (χ3v) is 4.57. The van der Waals surface area contributed by atoms with Crippen molar-refractivity contribution in [2.24, 2.45) is 0 Å². The van der Waals surface area contributed by atoms with Crippen molar-refractivity contribution in [2.75, 3.05) is 6.61 Å². The highest BCUT2D eigenvalue weighted by Gasteiger charge is 2.32. The first-order valence-corrected chi connectivity index (χ1v) is 9.62. The van der Waals surface area contributed by atoms with E-state index in [-0.39, 0.29) is 24.8 Å². The molecule has 0 unspecified atom stereocenters. The van der Waals surface area contributed by atoms with Crippen molar-refractivity contribution in [1.29, 1.82) is 0 Å². The number of nitrogens with zero attached hydrogens (tertiary/aromatic N) is 4. The Bertz CT molecular complexity index is 1360. The monoisotopic (exact) mass is 484 g/mol. The van der Waals surface area contributed by atoms with Gasteiger partial charge in [0.05, 0.1) is 6.54 Å². The Labute approximate surface area is 186 Å². The fourth-order valence-corrected chi connectivity index (χ4v) is 3.07. The van der Waals surface area contributed by atoms with E-state index in [2.05, 4.69) is 14.8 Å². The molecule has 4 aromatic rings. The zero-order valence-electron chi connectivity index (χ0n) is 17.0. The summed E-state index contributed by atoms with van der Waals surface area (Å²) < 4.78 is 86.5. The Morgan fingerprint density at radius 2 is 1.59 bits per heavy atom. The number of benzene rings is 1. The van der Waals surface area contributed by atoms with Crippen LogP contribution in [-0.2, 0) is 12.7 Å². The second kappa shape index (κ2) is 8.72.